The van der Waals surface area contributed by atoms with Crippen molar-refractivity contribution >= 4 is 0 Å². The summed E-state index contributed by atoms with van der Waals surface area (Å²) in [6.07, 6.45) is 11.5. The first-order valence-corrected chi connectivity index (χ1v) is 17.0. The van der Waals surface area contributed by atoms with E-state index in [0.29, 0.717) is 11.7 Å². The van der Waals surface area contributed by atoms with Gasteiger partial charge in [0.05, 0.1) is 24.9 Å². The smallest absolute Gasteiger partial charge is 0.345 e. The molecule has 8 heteroatoms. The molecule has 0 amide bonds. The Labute approximate surface area is 275 Å². The molecule has 10 unspecified atom stereocenters. The van der Waals surface area contributed by atoms with Crippen LogP contribution in [0.3, 0.4) is 0 Å². The second kappa shape index (κ2) is 16.6. The molecule has 0 bridgehead atoms. The van der Waals surface area contributed by atoms with Crippen LogP contribution >= 0.6 is 0 Å². The van der Waals surface area contributed by atoms with Gasteiger partial charge >= 0.3 is 5.63 Å². The number of hydrogen-bond acceptors (Lipinski definition) is 8. The van der Waals surface area contributed by atoms with Crippen LogP contribution in [0.25, 0.3) is 0 Å². The molecule has 258 valence electrons. The number of aromatic hydroxyl groups is 1. The van der Waals surface area contributed by atoms with Gasteiger partial charge in [0, 0.05) is 23.8 Å². The zero-order valence-corrected chi connectivity index (χ0v) is 29.0. The van der Waals surface area contributed by atoms with Crippen LogP contribution in [0.2, 0.25) is 0 Å². The number of rotatable bonds is 15. The molecule has 46 heavy (non-hydrogen) atoms. The Hall–Kier alpha value is -2.49. The van der Waals surface area contributed by atoms with Crippen molar-refractivity contribution in [3.8, 4) is 5.75 Å². The van der Waals surface area contributed by atoms with Gasteiger partial charge in [0.25, 0.3) is 0 Å². The Balaban J connectivity index is 1.58. The summed E-state index contributed by atoms with van der Waals surface area (Å²) >= 11 is 0. The van der Waals surface area contributed by atoms with Crippen LogP contribution in [0.4, 0.5) is 0 Å². The summed E-state index contributed by atoms with van der Waals surface area (Å²) < 4.78 is 11.2. The van der Waals surface area contributed by atoms with Gasteiger partial charge in [-0.05, 0) is 56.8 Å². The Morgan fingerprint density at radius 1 is 1.11 bits per heavy atom. The van der Waals surface area contributed by atoms with E-state index in [0.717, 1.165) is 24.3 Å². The minimum absolute atomic E-state index is 0.0161. The topological polar surface area (TPSA) is 141 Å². The van der Waals surface area contributed by atoms with Crippen LogP contribution in [0.5, 0.6) is 5.75 Å². The summed E-state index contributed by atoms with van der Waals surface area (Å²) in [4.78, 5) is 13.0. The van der Waals surface area contributed by atoms with Crippen molar-refractivity contribution in [2.24, 2.45) is 29.6 Å². The van der Waals surface area contributed by atoms with E-state index < -0.39 is 48.2 Å². The number of allylic oxidation sites excluding steroid dienone is 7. The standard InChI is InChI=1S/C38H58O8/c1-9-22(2)15-25(5)16-23(3)11-10-12-26(6)34(42)27(7)17-24(4)13-14-28-20-38(28,8)32-19-30(40)33(37(44)46-32)36-35(43)31(41)18-29(21-39)45-36/h10-11,13-14,16-17,19,22,25-29,31,34-36,39-43H,9,12,15,18,20-21H2,1-8H3/b11-10+,14-13+,23-16+,24-17+/t22?,25?,26?,27?,28?,29?,31?,34?,35-,36?,38?/m0/s1. The summed E-state index contributed by atoms with van der Waals surface area (Å²) in [6, 6.07) is 1.39. The van der Waals surface area contributed by atoms with E-state index in [1.807, 2.05) is 26.8 Å². The van der Waals surface area contributed by atoms with Crippen molar-refractivity contribution < 1.29 is 34.7 Å². The van der Waals surface area contributed by atoms with E-state index in [1.54, 1.807) is 0 Å². The number of aliphatic hydroxyl groups excluding tert-OH is 4. The third-order valence-corrected chi connectivity index (χ3v) is 10.0. The quantitative estimate of drug-likeness (QED) is 0.141. The predicted molar refractivity (Wildman–Crippen MR) is 181 cm³/mol. The third-order valence-electron chi connectivity index (χ3n) is 10.0. The lowest BCUT2D eigenvalue weighted by Crippen LogP contribution is -2.45. The zero-order valence-electron chi connectivity index (χ0n) is 29.0. The first kappa shape index (κ1) is 38.0. The van der Waals surface area contributed by atoms with E-state index >= 15 is 0 Å². The molecule has 1 saturated heterocycles. The Morgan fingerprint density at radius 2 is 1.78 bits per heavy atom. The van der Waals surface area contributed by atoms with Gasteiger partial charge in [-0.2, -0.15) is 0 Å². The van der Waals surface area contributed by atoms with Crippen LogP contribution in [-0.2, 0) is 10.2 Å². The molecule has 1 aromatic heterocycles. The molecule has 2 aliphatic rings. The van der Waals surface area contributed by atoms with Crippen molar-refractivity contribution in [2.45, 2.75) is 123 Å². The summed E-state index contributed by atoms with van der Waals surface area (Å²) in [5, 5.41) is 51.8. The van der Waals surface area contributed by atoms with Gasteiger partial charge in [-0.15, -0.1) is 0 Å². The van der Waals surface area contributed by atoms with Gasteiger partial charge in [0.1, 0.15) is 29.3 Å². The molecule has 1 aliphatic carbocycles. The molecule has 8 nitrogen and oxygen atoms in total. The fourth-order valence-corrected chi connectivity index (χ4v) is 6.64. The molecule has 2 heterocycles. The van der Waals surface area contributed by atoms with Crippen molar-refractivity contribution in [2.75, 3.05) is 6.61 Å². The number of ether oxygens (including phenoxy) is 1. The third kappa shape index (κ3) is 9.77. The van der Waals surface area contributed by atoms with Crippen molar-refractivity contribution in [1.82, 2.24) is 0 Å². The second-order valence-corrected chi connectivity index (χ2v) is 14.5. The molecule has 0 spiro atoms. The van der Waals surface area contributed by atoms with E-state index in [-0.39, 0.29) is 35.5 Å². The molecule has 1 aliphatic heterocycles. The van der Waals surface area contributed by atoms with Gasteiger partial charge in [-0.1, -0.05) is 95.6 Å². The fourth-order valence-electron chi connectivity index (χ4n) is 6.64. The maximum atomic E-state index is 13.0. The summed E-state index contributed by atoms with van der Waals surface area (Å²) in [5.74, 6) is 1.39. The van der Waals surface area contributed by atoms with Crippen molar-refractivity contribution in [1.29, 1.82) is 0 Å². The van der Waals surface area contributed by atoms with Gasteiger partial charge in [0.15, 0.2) is 0 Å². The predicted octanol–water partition coefficient (Wildman–Crippen LogP) is 6.27. The molecule has 5 N–H and O–H groups in total. The van der Waals surface area contributed by atoms with Gasteiger partial charge in [-0.25, -0.2) is 4.79 Å². The molecule has 1 aromatic rings. The average Bonchev–Trinajstić information content (AvgIpc) is 3.67. The normalized spacial score (nSPS) is 30.8. The highest BCUT2D eigenvalue weighted by molar-refractivity contribution is 5.39. The van der Waals surface area contributed by atoms with Crippen LogP contribution in [-0.4, -0.2) is 56.6 Å². The van der Waals surface area contributed by atoms with Crippen LogP contribution in [0.1, 0.15) is 105 Å². The van der Waals surface area contributed by atoms with Gasteiger partial charge in [-0.3, -0.25) is 0 Å². The minimum Gasteiger partial charge on any atom is -0.507 e. The van der Waals surface area contributed by atoms with E-state index in [4.69, 9.17) is 9.15 Å². The molecule has 2 fully saturated rings. The highest BCUT2D eigenvalue weighted by atomic mass is 16.5. The maximum absolute atomic E-state index is 13.0. The molecule has 0 radical (unpaired) electrons. The largest absolute Gasteiger partial charge is 0.507 e. The van der Waals surface area contributed by atoms with Crippen molar-refractivity contribution in [3.63, 3.8) is 0 Å². The highest BCUT2D eigenvalue weighted by Crippen LogP contribution is 2.55. The lowest BCUT2D eigenvalue weighted by molar-refractivity contribution is -0.180. The second-order valence-electron chi connectivity index (χ2n) is 14.5. The lowest BCUT2D eigenvalue weighted by Gasteiger charge is -2.36. The molecular weight excluding hydrogens is 584 g/mol. The summed E-state index contributed by atoms with van der Waals surface area (Å²) in [5.41, 5.74) is 0.690. The average molecular weight is 643 g/mol. The molecule has 11 atom stereocenters. The highest BCUT2D eigenvalue weighted by Gasteiger charge is 2.52. The maximum Gasteiger partial charge on any atom is 0.345 e. The number of aliphatic hydroxyl groups is 4. The summed E-state index contributed by atoms with van der Waals surface area (Å²) in [7, 11) is 0. The first-order valence-electron chi connectivity index (χ1n) is 17.0. The lowest BCUT2D eigenvalue weighted by atomic mass is 9.89. The van der Waals surface area contributed by atoms with E-state index in [1.165, 1.54) is 24.5 Å². The first-order chi connectivity index (χ1) is 21.6. The Bertz CT molecular complexity index is 1320. The monoisotopic (exact) mass is 642 g/mol. The van der Waals surface area contributed by atoms with Crippen LogP contribution < -0.4 is 5.63 Å². The number of hydrogen-bond donors (Lipinski definition) is 5. The Kier molecular flexibility index (Phi) is 13.7. The molecule has 0 aromatic carbocycles. The summed E-state index contributed by atoms with van der Waals surface area (Å²) in [6.45, 7) is 16.6. The zero-order chi connectivity index (χ0) is 34.3. The van der Waals surface area contributed by atoms with Crippen molar-refractivity contribution in [3.05, 3.63) is 75.4 Å². The van der Waals surface area contributed by atoms with Gasteiger partial charge < -0.3 is 34.7 Å². The Morgan fingerprint density at radius 3 is 2.41 bits per heavy atom. The van der Waals surface area contributed by atoms with Gasteiger partial charge in [0.2, 0.25) is 0 Å². The van der Waals surface area contributed by atoms with E-state index in [2.05, 4.69) is 65.0 Å². The van der Waals surface area contributed by atoms with Crippen LogP contribution in [0.15, 0.2) is 62.9 Å². The van der Waals surface area contributed by atoms with E-state index in [9.17, 15) is 30.3 Å². The fraction of sp³-hybridized carbons (Fsp3) is 0.658. The molecular formula is C38H58O8. The van der Waals surface area contributed by atoms with Crippen LogP contribution in [0, 0.1) is 29.6 Å². The molecule has 1 saturated carbocycles. The minimum atomic E-state index is -1.44. The SMILES string of the molecule is CCC(C)CC(C)/C=C(C)/C=C/CC(C)C(O)C(C)/C=C(C)/C=C/C1CC1(C)c1cc(O)c(C2OC(CO)CC(O)[C@@H]2O)c(=O)o1. The molecule has 3 rings (SSSR count).